The molecule has 0 unspecified atom stereocenters. The molecule has 1 N–H and O–H groups in total. The summed E-state index contributed by atoms with van der Waals surface area (Å²) in [5.41, 5.74) is 3.67. The first-order valence-corrected chi connectivity index (χ1v) is 8.83. The molecule has 0 bridgehead atoms. The van der Waals surface area contributed by atoms with Crippen LogP contribution in [0.3, 0.4) is 0 Å². The van der Waals surface area contributed by atoms with Crippen molar-refractivity contribution in [2.24, 2.45) is 5.92 Å². The molecule has 2 aromatic carbocycles. The summed E-state index contributed by atoms with van der Waals surface area (Å²) in [6, 6.07) is 15.9. The minimum Gasteiger partial charge on any atom is -0.508 e. The van der Waals surface area contributed by atoms with Crippen molar-refractivity contribution in [1.29, 1.82) is 0 Å². The highest BCUT2D eigenvalue weighted by molar-refractivity contribution is 5.64. The third-order valence-electron chi connectivity index (χ3n) is 3.59. The molecule has 0 saturated heterocycles. The predicted octanol–water partition coefficient (Wildman–Crippen LogP) is 7.26. The summed E-state index contributed by atoms with van der Waals surface area (Å²) < 4.78 is 0. The number of benzene rings is 2. The Bertz CT molecular complexity index is 507. The van der Waals surface area contributed by atoms with E-state index in [1.54, 1.807) is 12.1 Å². The van der Waals surface area contributed by atoms with Crippen LogP contribution < -0.4 is 0 Å². The van der Waals surface area contributed by atoms with Gasteiger partial charge in [-0.3, -0.25) is 0 Å². The Kier molecular flexibility index (Phi) is 10.9. The zero-order valence-corrected chi connectivity index (χ0v) is 15.9. The Balaban J connectivity index is 0.000000594. The zero-order valence-electron chi connectivity index (χ0n) is 15.9. The SMILES string of the molecule is CC.CC(C)c1ccc(-c2ccc(O)cc2)cc1.CCC(C)C. The molecule has 0 heterocycles. The molecular formula is C22H34O. The molecule has 0 saturated carbocycles. The minimum atomic E-state index is 0.308. The largest absolute Gasteiger partial charge is 0.508 e. The molecule has 2 aromatic rings. The number of rotatable bonds is 3. The van der Waals surface area contributed by atoms with Gasteiger partial charge in [-0.25, -0.2) is 0 Å². The van der Waals surface area contributed by atoms with Crippen LogP contribution >= 0.6 is 0 Å². The van der Waals surface area contributed by atoms with Crippen molar-refractivity contribution >= 4 is 0 Å². The Labute approximate surface area is 143 Å². The molecule has 0 amide bonds. The summed E-state index contributed by atoms with van der Waals surface area (Å²) in [7, 11) is 0. The summed E-state index contributed by atoms with van der Waals surface area (Å²) >= 11 is 0. The molecule has 128 valence electrons. The van der Waals surface area contributed by atoms with Crippen LogP contribution in [0.2, 0.25) is 0 Å². The molecule has 0 aliphatic carbocycles. The Morgan fingerprint density at radius 3 is 1.39 bits per heavy atom. The number of hydrogen-bond donors (Lipinski definition) is 1. The summed E-state index contributed by atoms with van der Waals surface area (Å²) in [6.45, 7) is 15.0. The lowest BCUT2D eigenvalue weighted by atomic mass is 9.99. The van der Waals surface area contributed by atoms with Crippen molar-refractivity contribution < 1.29 is 5.11 Å². The van der Waals surface area contributed by atoms with Crippen molar-refractivity contribution in [1.82, 2.24) is 0 Å². The van der Waals surface area contributed by atoms with Crippen LogP contribution in [-0.4, -0.2) is 5.11 Å². The topological polar surface area (TPSA) is 20.2 Å². The van der Waals surface area contributed by atoms with Gasteiger partial charge >= 0.3 is 0 Å². The lowest BCUT2D eigenvalue weighted by Crippen LogP contribution is -1.86. The maximum Gasteiger partial charge on any atom is 0.115 e. The number of aromatic hydroxyl groups is 1. The first-order chi connectivity index (χ1) is 10.9. The molecule has 0 aromatic heterocycles. The molecule has 2 rings (SSSR count). The van der Waals surface area contributed by atoms with Crippen molar-refractivity contribution in [2.75, 3.05) is 0 Å². The zero-order chi connectivity index (χ0) is 17.8. The fraction of sp³-hybridized carbons (Fsp3) is 0.455. The van der Waals surface area contributed by atoms with Crippen molar-refractivity contribution in [3.05, 3.63) is 54.1 Å². The number of phenols is 1. The first kappa shape index (κ1) is 21.2. The van der Waals surface area contributed by atoms with Crippen LogP contribution in [0.25, 0.3) is 11.1 Å². The average molecular weight is 315 g/mol. The standard InChI is InChI=1S/C15H16O.C5H12.C2H6/c1-11(2)12-3-5-13(6-4-12)14-7-9-15(16)10-8-14;1-4-5(2)3;1-2/h3-11,16H,1-2H3;5H,4H2,1-3H3;1-2H3. The van der Waals surface area contributed by atoms with Crippen molar-refractivity contribution in [3.63, 3.8) is 0 Å². The monoisotopic (exact) mass is 314 g/mol. The van der Waals surface area contributed by atoms with Gasteiger partial charge in [0.2, 0.25) is 0 Å². The van der Waals surface area contributed by atoms with Crippen LogP contribution in [0.4, 0.5) is 0 Å². The van der Waals surface area contributed by atoms with Crippen molar-refractivity contribution in [3.8, 4) is 16.9 Å². The van der Waals surface area contributed by atoms with Crippen molar-refractivity contribution in [2.45, 2.75) is 60.8 Å². The first-order valence-electron chi connectivity index (χ1n) is 8.83. The fourth-order valence-electron chi connectivity index (χ4n) is 1.71. The van der Waals surface area contributed by atoms with Crippen LogP contribution in [0.15, 0.2) is 48.5 Å². The lowest BCUT2D eigenvalue weighted by molar-refractivity contribution is 0.475. The van der Waals surface area contributed by atoms with Gasteiger partial charge in [-0.1, -0.05) is 91.3 Å². The Morgan fingerprint density at radius 1 is 0.739 bits per heavy atom. The Hall–Kier alpha value is -1.76. The van der Waals surface area contributed by atoms with E-state index in [1.807, 2.05) is 26.0 Å². The van der Waals surface area contributed by atoms with E-state index >= 15 is 0 Å². The van der Waals surface area contributed by atoms with E-state index in [2.05, 4.69) is 58.9 Å². The van der Waals surface area contributed by atoms with Gasteiger partial charge in [-0.05, 0) is 40.7 Å². The van der Waals surface area contributed by atoms with Gasteiger partial charge in [-0.15, -0.1) is 0 Å². The third kappa shape index (κ3) is 8.44. The van der Waals surface area contributed by atoms with E-state index < -0.39 is 0 Å². The molecule has 0 fully saturated rings. The van der Waals surface area contributed by atoms with Gasteiger partial charge in [0.05, 0.1) is 0 Å². The average Bonchev–Trinajstić information content (AvgIpc) is 2.58. The lowest BCUT2D eigenvalue weighted by Gasteiger charge is -2.07. The Morgan fingerprint density at radius 2 is 1.09 bits per heavy atom. The van der Waals surface area contributed by atoms with Crippen LogP contribution in [0.5, 0.6) is 5.75 Å². The minimum absolute atomic E-state index is 0.308. The highest BCUT2D eigenvalue weighted by atomic mass is 16.3. The predicted molar refractivity (Wildman–Crippen MR) is 104 cm³/mol. The summed E-state index contributed by atoms with van der Waals surface area (Å²) in [6.07, 6.45) is 1.31. The molecular weight excluding hydrogens is 280 g/mol. The second-order valence-electron chi connectivity index (χ2n) is 6.13. The van der Waals surface area contributed by atoms with E-state index in [9.17, 15) is 5.11 Å². The van der Waals surface area contributed by atoms with E-state index in [1.165, 1.54) is 17.5 Å². The fourth-order valence-corrected chi connectivity index (χ4v) is 1.71. The van der Waals surface area contributed by atoms with E-state index in [4.69, 9.17) is 0 Å². The molecule has 0 radical (unpaired) electrons. The smallest absolute Gasteiger partial charge is 0.115 e. The van der Waals surface area contributed by atoms with Gasteiger partial charge in [-0.2, -0.15) is 0 Å². The third-order valence-corrected chi connectivity index (χ3v) is 3.59. The highest BCUT2D eigenvalue weighted by Crippen LogP contribution is 2.24. The molecule has 0 atom stereocenters. The second-order valence-corrected chi connectivity index (χ2v) is 6.13. The molecule has 1 nitrogen and oxygen atoms in total. The molecule has 0 aliphatic heterocycles. The maximum atomic E-state index is 9.22. The summed E-state index contributed by atoms with van der Waals surface area (Å²) in [4.78, 5) is 0. The number of phenolic OH excluding ortho intramolecular Hbond substituents is 1. The molecule has 0 aliphatic rings. The summed E-state index contributed by atoms with van der Waals surface area (Å²) in [5, 5.41) is 9.22. The molecule has 23 heavy (non-hydrogen) atoms. The second kappa shape index (κ2) is 11.8. The van der Waals surface area contributed by atoms with E-state index in [0.717, 1.165) is 11.5 Å². The summed E-state index contributed by atoms with van der Waals surface area (Å²) in [5.74, 6) is 1.76. The quantitative estimate of drug-likeness (QED) is 0.632. The molecule has 1 heteroatoms. The normalized spacial score (nSPS) is 9.78. The van der Waals surface area contributed by atoms with Gasteiger partial charge in [0.25, 0.3) is 0 Å². The molecule has 0 spiro atoms. The number of hydrogen-bond acceptors (Lipinski definition) is 1. The van der Waals surface area contributed by atoms with Gasteiger partial charge in [0, 0.05) is 0 Å². The van der Waals surface area contributed by atoms with Crippen LogP contribution in [-0.2, 0) is 0 Å². The van der Waals surface area contributed by atoms with Crippen LogP contribution in [0, 0.1) is 5.92 Å². The van der Waals surface area contributed by atoms with Gasteiger partial charge in [0.1, 0.15) is 5.75 Å². The maximum absolute atomic E-state index is 9.22. The van der Waals surface area contributed by atoms with Gasteiger partial charge in [0.15, 0.2) is 0 Å². The highest BCUT2D eigenvalue weighted by Gasteiger charge is 2.00. The van der Waals surface area contributed by atoms with Gasteiger partial charge < -0.3 is 5.11 Å². The van der Waals surface area contributed by atoms with E-state index in [-0.39, 0.29) is 0 Å². The van der Waals surface area contributed by atoms with Crippen LogP contribution in [0.1, 0.15) is 66.4 Å². The van der Waals surface area contributed by atoms with E-state index in [0.29, 0.717) is 11.7 Å².